The molecule has 0 radical (unpaired) electrons. The molecule has 0 aromatic carbocycles. The van der Waals surface area contributed by atoms with Gasteiger partial charge in [-0.2, -0.15) is 0 Å². The van der Waals surface area contributed by atoms with Crippen LogP contribution >= 0.6 is 0 Å². The number of hydrogen-bond acceptors (Lipinski definition) is 3. The normalized spacial score (nSPS) is 28.5. The van der Waals surface area contributed by atoms with Crippen LogP contribution in [0, 0.1) is 5.41 Å². The van der Waals surface area contributed by atoms with Crippen LogP contribution in [0.2, 0.25) is 0 Å². The van der Waals surface area contributed by atoms with Gasteiger partial charge in [0.15, 0.2) is 0 Å². The fourth-order valence-electron chi connectivity index (χ4n) is 3.65. The van der Waals surface area contributed by atoms with Gasteiger partial charge in [-0.25, -0.2) is 0 Å². The second-order valence-corrected chi connectivity index (χ2v) is 6.86. The molecule has 0 aromatic heterocycles. The number of likely N-dealkylation sites (tertiary alicyclic amines) is 1. The van der Waals surface area contributed by atoms with Crippen LogP contribution in [0.5, 0.6) is 0 Å². The van der Waals surface area contributed by atoms with E-state index in [0.29, 0.717) is 11.9 Å². The van der Waals surface area contributed by atoms with Gasteiger partial charge in [0.2, 0.25) is 5.91 Å². The Morgan fingerprint density at radius 3 is 2.67 bits per heavy atom. The van der Waals surface area contributed by atoms with E-state index in [4.69, 9.17) is 0 Å². The molecule has 0 spiro atoms. The maximum absolute atomic E-state index is 12.7. The molecule has 2 fully saturated rings. The first-order chi connectivity index (χ1) is 10.2. The Hall–Kier alpha value is -0.610. The Balaban J connectivity index is 1.78. The van der Waals surface area contributed by atoms with Gasteiger partial charge in [0.1, 0.15) is 0 Å². The number of nitrogens with zero attached hydrogens (tertiary/aromatic N) is 1. The highest BCUT2D eigenvalue weighted by Gasteiger charge is 2.38. The summed E-state index contributed by atoms with van der Waals surface area (Å²) in [6.07, 6.45) is 7.89. The average Bonchev–Trinajstić information content (AvgIpc) is 2.54. The van der Waals surface area contributed by atoms with Gasteiger partial charge in [0, 0.05) is 25.7 Å². The minimum absolute atomic E-state index is 0.155. The van der Waals surface area contributed by atoms with E-state index < -0.39 is 0 Å². The van der Waals surface area contributed by atoms with Crippen LogP contribution < -0.4 is 10.6 Å². The molecule has 4 heteroatoms. The molecule has 21 heavy (non-hydrogen) atoms. The van der Waals surface area contributed by atoms with Gasteiger partial charge in [-0.3, -0.25) is 4.79 Å². The third-order valence-corrected chi connectivity index (χ3v) is 5.38. The number of amides is 1. The molecule has 1 amide bonds. The first-order valence-electron chi connectivity index (χ1n) is 8.94. The van der Waals surface area contributed by atoms with Crippen LogP contribution in [-0.2, 0) is 4.79 Å². The van der Waals surface area contributed by atoms with Crippen LogP contribution in [0.1, 0.15) is 58.8 Å². The fourth-order valence-corrected chi connectivity index (χ4v) is 3.65. The number of piperidine rings is 2. The summed E-state index contributed by atoms with van der Waals surface area (Å²) in [6, 6.07) is 0.390. The molecule has 0 saturated carbocycles. The van der Waals surface area contributed by atoms with E-state index in [1.165, 1.54) is 19.4 Å². The number of carbonyl (C=O) groups excluding carboxylic acids is 1. The van der Waals surface area contributed by atoms with E-state index >= 15 is 0 Å². The maximum atomic E-state index is 12.7. The second-order valence-electron chi connectivity index (χ2n) is 6.86. The van der Waals surface area contributed by atoms with Crippen LogP contribution in [0.4, 0.5) is 0 Å². The standard InChI is InChI=1S/C17H33N3O/c1-3-5-11-20-12-7-15(8-13-20)19-16(21)17(4-2)9-6-10-18-14-17/h15,18H,3-14H2,1-2H3,(H,19,21). The minimum Gasteiger partial charge on any atom is -0.353 e. The van der Waals surface area contributed by atoms with E-state index in [1.54, 1.807) is 0 Å². The van der Waals surface area contributed by atoms with E-state index in [-0.39, 0.29) is 5.41 Å². The number of nitrogens with one attached hydrogen (secondary N) is 2. The molecular formula is C17H33N3O. The number of rotatable bonds is 6. The first kappa shape index (κ1) is 16.8. The molecule has 2 aliphatic rings. The lowest BCUT2D eigenvalue weighted by Gasteiger charge is -2.38. The Morgan fingerprint density at radius 1 is 1.33 bits per heavy atom. The lowest BCUT2D eigenvalue weighted by Crippen LogP contribution is -2.54. The van der Waals surface area contributed by atoms with Crippen LogP contribution in [0.15, 0.2) is 0 Å². The van der Waals surface area contributed by atoms with Crippen molar-refractivity contribution in [2.45, 2.75) is 64.8 Å². The molecule has 2 aliphatic heterocycles. The monoisotopic (exact) mass is 295 g/mol. The highest BCUT2D eigenvalue weighted by molar-refractivity contribution is 5.83. The lowest BCUT2D eigenvalue weighted by molar-refractivity contribution is -0.133. The van der Waals surface area contributed by atoms with Crippen molar-refractivity contribution in [1.29, 1.82) is 0 Å². The van der Waals surface area contributed by atoms with Crippen molar-refractivity contribution in [2.24, 2.45) is 5.41 Å². The topological polar surface area (TPSA) is 44.4 Å². The summed E-state index contributed by atoms with van der Waals surface area (Å²) in [6.45, 7) is 9.81. The Labute approximate surface area is 130 Å². The molecule has 122 valence electrons. The molecule has 2 rings (SSSR count). The van der Waals surface area contributed by atoms with Crippen molar-refractivity contribution in [2.75, 3.05) is 32.7 Å². The lowest BCUT2D eigenvalue weighted by atomic mass is 9.77. The van der Waals surface area contributed by atoms with Gasteiger partial charge < -0.3 is 15.5 Å². The first-order valence-corrected chi connectivity index (χ1v) is 8.94. The van der Waals surface area contributed by atoms with Gasteiger partial charge >= 0.3 is 0 Å². The predicted molar refractivity (Wildman–Crippen MR) is 87.3 cm³/mol. The predicted octanol–water partition coefficient (Wildman–Crippen LogP) is 2.15. The fraction of sp³-hybridized carbons (Fsp3) is 0.941. The van der Waals surface area contributed by atoms with E-state index in [2.05, 4.69) is 29.4 Å². The Morgan fingerprint density at radius 2 is 2.10 bits per heavy atom. The quantitative estimate of drug-likeness (QED) is 0.789. The second kappa shape index (κ2) is 8.14. The molecule has 2 heterocycles. The summed E-state index contributed by atoms with van der Waals surface area (Å²) >= 11 is 0. The molecular weight excluding hydrogens is 262 g/mol. The zero-order valence-electron chi connectivity index (χ0n) is 13.9. The van der Waals surface area contributed by atoms with Crippen molar-refractivity contribution >= 4 is 5.91 Å². The van der Waals surface area contributed by atoms with E-state index in [0.717, 1.165) is 58.3 Å². The number of hydrogen-bond donors (Lipinski definition) is 2. The summed E-state index contributed by atoms with van der Waals surface area (Å²) in [5.74, 6) is 0.296. The van der Waals surface area contributed by atoms with Gasteiger partial charge in [-0.1, -0.05) is 20.3 Å². The number of carbonyl (C=O) groups is 1. The molecule has 0 aliphatic carbocycles. The van der Waals surface area contributed by atoms with Gasteiger partial charge in [0.25, 0.3) is 0 Å². The van der Waals surface area contributed by atoms with E-state index in [9.17, 15) is 4.79 Å². The highest BCUT2D eigenvalue weighted by atomic mass is 16.2. The van der Waals surface area contributed by atoms with Crippen LogP contribution in [0.25, 0.3) is 0 Å². The largest absolute Gasteiger partial charge is 0.353 e. The summed E-state index contributed by atoms with van der Waals surface area (Å²) < 4.78 is 0. The zero-order chi connectivity index (χ0) is 15.1. The maximum Gasteiger partial charge on any atom is 0.227 e. The average molecular weight is 295 g/mol. The third kappa shape index (κ3) is 4.43. The summed E-state index contributed by atoms with van der Waals surface area (Å²) in [5.41, 5.74) is -0.155. The third-order valence-electron chi connectivity index (χ3n) is 5.38. The molecule has 1 atom stereocenters. The summed E-state index contributed by atoms with van der Waals surface area (Å²) in [7, 11) is 0. The van der Waals surface area contributed by atoms with Crippen LogP contribution in [-0.4, -0.2) is 49.6 Å². The molecule has 2 N–H and O–H groups in total. The van der Waals surface area contributed by atoms with Crippen molar-refractivity contribution in [3.8, 4) is 0 Å². The SMILES string of the molecule is CCCCN1CCC(NC(=O)C2(CC)CCCNC2)CC1. The van der Waals surface area contributed by atoms with Gasteiger partial charge in [-0.05, 0) is 51.6 Å². The molecule has 2 saturated heterocycles. The van der Waals surface area contributed by atoms with Gasteiger partial charge in [-0.15, -0.1) is 0 Å². The Kier molecular flexibility index (Phi) is 6.49. The van der Waals surface area contributed by atoms with Crippen LogP contribution in [0.3, 0.4) is 0 Å². The zero-order valence-corrected chi connectivity index (χ0v) is 13.9. The summed E-state index contributed by atoms with van der Waals surface area (Å²) in [5, 5.41) is 6.76. The van der Waals surface area contributed by atoms with Crippen molar-refractivity contribution in [3.05, 3.63) is 0 Å². The van der Waals surface area contributed by atoms with E-state index in [1.807, 2.05) is 0 Å². The number of unbranched alkanes of at least 4 members (excludes halogenated alkanes) is 1. The smallest absolute Gasteiger partial charge is 0.227 e. The molecule has 0 bridgehead atoms. The summed E-state index contributed by atoms with van der Waals surface area (Å²) in [4.78, 5) is 15.3. The van der Waals surface area contributed by atoms with Crippen molar-refractivity contribution < 1.29 is 4.79 Å². The molecule has 0 aromatic rings. The van der Waals surface area contributed by atoms with Crippen molar-refractivity contribution in [1.82, 2.24) is 15.5 Å². The minimum atomic E-state index is -0.155. The molecule has 1 unspecified atom stereocenters. The Bertz CT molecular complexity index is 318. The molecule has 4 nitrogen and oxygen atoms in total. The highest BCUT2D eigenvalue weighted by Crippen LogP contribution is 2.30. The van der Waals surface area contributed by atoms with Gasteiger partial charge in [0.05, 0.1) is 5.41 Å². The van der Waals surface area contributed by atoms with Crippen molar-refractivity contribution in [3.63, 3.8) is 0 Å².